The van der Waals surface area contributed by atoms with Gasteiger partial charge in [0.1, 0.15) is 11.5 Å². The number of phenolic OH excluding ortho intramolecular Hbond substituents is 1. The fourth-order valence-corrected chi connectivity index (χ4v) is 1.46. The summed E-state index contributed by atoms with van der Waals surface area (Å²) in [5.41, 5.74) is 12.2. The maximum Gasteiger partial charge on any atom is 0.138 e. The van der Waals surface area contributed by atoms with Gasteiger partial charge in [-0.25, -0.2) is 0 Å². The summed E-state index contributed by atoms with van der Waals surface area (Å²) in [6.45, 7) is 4.27. The number of benzene rings is 1. The summed E-state index contributed by atoms with van der Waals surface area (Å²) >= 11 is 0. The number of nitrogens with zero attached hydrogens (tertiary/aromatic N) is 1. The first-order chi connectivity index (χ1) is 6.46. The topological polar surface area (TPSA) is 75.5 Å². The van der Waals surface area contributed by atoms with Crippen LogP contribution in [0.1, 0.15) is 13.8 Å². The molecule has 4 heteroatoms. The third-order valence-electron chi connectivity index (χ3n) is 2.07. The van der Waals surface area contributed by atoms with Gasteiger partial charge in [-0.3, -0.25) is 11.5 Å². The average Bonchev–Trinajstić information content (AvgIpc) is 2.07. The normalized spacial score (nSPS) is 11.4. The molecule has 4 nitrogen and oxygen atoms in total. The van der Waals surface area contributed by atoms with Gasteiger partial charge in [-0.2, -0.15) is 0 Å². The number of para-hydroxylation sites is 2. The van der Waals surface area contributed by atoms with E-state index in [4.69, 9.17) is 11.5 Å². The van der Waals surface area contributed by atoms with Crippen molar-refractivity contribution in [3.63, 3.8) is 0 Å². The summed E-state index contributed by atoms with van der Waals surface area (Å²) in [6, 6.07) is 7.00. The van der Waals surface area contributed by atoms with Crippen LogP contribution in [0.4, 0.5) is 5.69 Å². The number of aromatic hydroxyl groups is 1. The Morgan fingerprint density at radius 2 is 1.93 bits per heavy atom. The van der Waals surface area contributed by atoms with E-state index >= 15 is 0 Å². The Labute approximate surface area is 84.1 Å². The van der Waals surface area contributed by atoms with E-state index in [-0.39, 0.29) is 5.75 Å². The first-order valence-electron chi connectivity index (χ1n) is 4.60. The predicted molar refractivity (Wildman–Crippen MR) is 57.9 cm³/mol. The summed E-state index contributed by atoms with van der Waals surface area (Å²) < 4.78 is 0. The van der Waals surface area contributed by atoms with Crippen molar-refractivity contribution in [1.29, 1.82) is 0 Å². The van der Waals surface area contributed by atoms with Gasteiger partial charge in [0.25, 0.3) is 0 Å². The molecule has 1 aromatic rings. The van der Waals surface area contributed by atoms with Crippen molar-refractivity contribution in [2.24, 2.45) is 11.5 Å². The molecular weight excluding hydrogens is 178 g/mol. The first kappa shape index (κ1) is 10.8. The molecule has 0 saturated carbocycles. The van der Waals surface area contributed by atoms with Gasteiger partial charge in [0.05, 0.1) is 5.69 Å². The molecule has 0 heterocycles. The maximum atomic E-state index is 9.62. The molecule has 0 fully saturated rings. The van der Waals surface area contributed by atoms with Crippen LogP contribution < -0.4 is 16.4 Å². The second-order valence-corrected chi connectivity index (χ2v) is 3.46. The van der Waals surface area contributed by atoms with E-state index in [1.54, 1.807) is 30.0 Å². The molecule has 1 aromatic carbocycles. The molecule has 0 radical (unpaired) electrons. The van der Waals surface area contributed by atoms with Crippen LogP contribution in [0.3, 0.4) is 0 Å². The Morgan fingerprint density at radius 1 is 1.36 bits per heavy atom. The van der Waals surface area contributed by atoms with Crippen molar-refractivity contribution in [2.75, 3.05) is 11.4 Å². The van der Waals surface area contributed by atoms with Crippen molar-refractivity contribution in [1.82, 2.24) is 0 Å². The minimum absolute atomic E-state index is 0.191. The van der Waals surface area contributed by atoms with Gasteiger partial charge in [-0.1, -0.05) is 12.1 Å². The predicted octanol–water partition coefficient (Wildman–Crippen LogP) is 0.810. The van der Waals surface area contributed by atoms with Gasteiger partial charge in [-0.15, -0.1) is 0 Å². The van der Waals surface area contributed by atoms with Crippen LogP contribution >= 0.6 is 0 Å². The summed E-state index contributed by atoms with van der Waals surface area (Å²) in [5, 5.41) is 9.62. The zero-order chi connectivity index (χ0) is 10.8. The third kappa shape index (κ3) is 2.16. The van der Waals surface area contributed by atoms with Gasteiger partial charge in [0.15, 0.2) is 0 Å². The van der Waals surface area contributed by atoms with Gasteiger partial charge in [0.2, 0.25) is 0 Å². The minimum atomic E-state index is -0.965. The van der Waals surface area contributed by atoms with E-state index < -0.39 is 5.79 Å². The van der Waals surface area contributed by atoms with Crippen LogP contribution in [0.15, 0.2) is 24.3 Å². The molecule has 14 heavy (non-hydrogen) atoms. The van der Waals surface area contributed by atoms with E-state index in [0.29, 0.717) is 12.2 Å². The maximum absolute atomic E-state index is 9.62. The SMILES string of the molecule is CCN(c1ccccc1O)C(C)(N)N. The standard InChI is InChI=1S/C10H17N3O/c1-3-13(10(2,11)12)8-6-4-5-7-9(8)14/h4-7,14H,3,11-12H2,1-2H3. The van der Waals surface area contributed by atoms with Crippen LogP contribution in [-0.2, 0) is 0 Å². The molecule has 0 amide bonds. The van der Waals surface area contributed by atoms with E-state index in [0.717, 1.165) is 0 Å². The molecule has 0 atom stereocenters. The van der Waals surface area contributed by atoms with Gasteiger partial charge in [-0.05, 0) is 26.0 Å². The van der Waals surface area contributed by atoms with Crippen molar-refractivity contribution >= 4 is 5.69 Å². The van der Waals surface area contributed by atoms with E-state index in [1.165, 1.54) is 0 Å². The molecule has 0 unspecified atom stereocenters. The Morgan fingerprint density at radius 3 is 2.36 bits per heavy atom. The summed E-state index contributed by atoms with van der Waals surface area (Å²) in [4.78, 5) is 1.74. The lowest BCUT2D eigenvalue weighted by atomic mass is 10.2. The molecule has 0 aliphatic heterocycles. The summed E-state index contributed by atoms with van der Waals surface area (Å²) in [5.74, 6) is -0.774. The number of nitrogens with two attached hydrogens (primary N) is 2. The monoisotopic (exact) mass is 195 g/mol. The van der Waals surface area contributed by atoms with Crippen LogP contribution in [0.2, 0.25) is 0 Å². The Hall–Kier alpha value is -1.26. The van der Waals surface area contributed by atoms with Crippen molar-refractivity contribution in [2.45, 2.75) is 19.6 Å². The average molecular weight is 195 g/mol. The van der Waals surface area contributed by atoms with Crippen LogP contribution in [0.25, 0.3) is 0 Å². The molecule has 0 aliphatic carbocycles. The molecule has 0 aromatic heterocycles. The van der Waals surface area contributed by atoms with Gasteiger partial charge in [0, 0.05) is 6.54 Å². The molecule has 0 bridgehead atoms. The zero-order valence-electron chi connectivity index (χ0n) is 8.57. The quantitative estimate of drug-likeness (QED) is 0.624. The highest BCUT2D eigenvalue weighted by atomic mass is 16.3. The summed E-state index contributed by atoms with van der Waals surface area (Å²) in [6.07, 6.45) is 0. The molecule has 0 aliphatic rings. The minimum Gasteiger partial charge on any atom is -0.506 e. The van der Waals surface area contributed by atoms with Gasteiger partial charge >= 0.3 is 0 Å². The van der Waals surface area contributed by atoms with Crippen LogP contribution in [-0.4, -0.2) is 17.4 Å². The number of hydrogen-bond acceptors (Lipinski definition) is 4. The molecule has 1 rings (SSSR count). The molecule has 0 spiro atoms. The molecular formula is C10H17N3O. The molecule has 78 valence electrons. The van der Waals surface area contributed by atoms with Crippen molar-refractivity contribution in [3.8, 4) is 5.75 Å². The second kappa shape index (κ2) is 3.86. The second-order valence-electron chi connectivity index (χ2n) is 3.46. The molecule has 0 saturated heterocycles. The highest BCUT2D eigenvalue weighted by Gasteiger charge is 2.22. The fourth-order valence-electron chi connectivity index (χ4n) is 1.46. The summed E-state index contributed by atoms with van der Waals surface area (Å²) in [7, 11) is 0. The first-order valence-corrected chi connectivity index (χ1v) is 4.60. The fraction of sp³-hybridized carbons (Fsp3) is 0.400. The third-order valence-corrected chi connectivity index (χ3v) is 2.07. The lowest BCUT2D eigenvalue weighted by Gasteiger charge is -2.36. The van der Waals surface area contributed by atoms with Crippen molar-refractivity contribution < 1.29 is 5.11 Å². The van der Waals surface area contributed by atoms with Crippen LogP contribution in [0, 0.1) is 0 Å². The number of hydrogen-bond donors (Lipinski definition) is 3. The Balaban J connectivity index is 3.08. The smallest absolute Gasteiger partial charge is 0.138 e. The highest BCUT2D eigenvalue weighted by molar-refractivity contribution is 5.58. The van der Waals surface area contributed by atoms with Gasteiger partial charge < -0.3 is 10.0 Å². The lowest BCUT2D eigenvalue weighted by molar-refractivity contribution is 0.436. The molecule has 5 N–H and O–H groups in total. The highest BCUT2D eigenvalue weighted by Crippen LogP contribution is 2.28. The largest absolute Gasteiger partial charge is 0.506 e. The Kier molecular flexibility index (Phi) is 2.98. The zero-order valence-corrected chi connectivity index (χ0v) is 8.57. The number of rotatable bonds is 3. The lowest BCUT2D eigenvalue weighted by Crippen LogP contribution is -2.61. The van der Waals surface area contributed by atoms with E-state index in [9.17, 15) is 5.11 Å². The van der Waals surface area contributed by atoms with E-state index in [1.807, 2.05) is 13.0 Å². The number of anilines is 1. The Bertz CT molecular complexity index is 306. The van der Waals surface area contributed by atoms with Crippen LogP contribution in [0.5, 0.6) is 5.75 Å². The van der Waals surface area contributed by atoms with E-state index in [2.05, 4.69) is 0 Å². The number of phenols is 1. The van der Waals surface area contributed by atoms with Crippen molar-refractivity contribution in [3.05, 3.63) is 24.3 Å².